The minimum absolute atomic E-state index is 0.238. The van der Waals surface area contributed by atoms with Crippen LogP contribution in [0.25, 0.3) is 33.5 Å². The number of nitrogens with zero attached hydrogens (tertiary/aromatic N) is 5. The molecule has 0 amide bonds. The van der Waals surface area contributed by atoms with Crippen molar-refractivity contribution in [1.82, 2.24) is 30.5 Å². The number of fused-ring (bicyclic) bond motifs is 2. The molecule has 6 heterocycles. The lowest BCUT2D eigenvalue weighted by molar-refractivity contribution is 0.00706. The van der Waals surface area contributed by atoms with Crippen molar-refractivity contribution in [2.45, 2.75) is 24.4 Å². The summed E-state index contributed by atoms with van der Waals surface area (Å²) < 4.78 is 17.2. The van der Waals surface area contributed by atoms with Crippen molar-refractivity contribution < 1.29 is 19.3 Å². The average Bonchev–Trinajstić information content (AvgIpc) is 3.71. The number of rotatable bonds is 5. The summed E-state index contributed by atoms with van der Waals surface area (Å²) in [6, 6.07) is 14.1. The van der Waals surface area contributed by atoms with Crippen molar-refractivity contribution in [2.24, 2.45) is 0 Å². The molecule has 4 aromatic rings. The van der Waals surface area contributed by atoms with Crippen LogP contribution in [-0.4, -0.2) is 74.7 Å². The van der Waals surface area contributed by atoms with Crippen LogP contribution in [0.15, 0.2) is 61.1 Å². The van der Waals surface area contributed by atoms with Crippen molar-refractivity contribution in [3.05, 3.63) is 66.1 Å². The largest absolute Gasteiger partial charge is 0.456 e. The molecule has 0 spiro atoms. The topological polar surface area (TPSA) is 121 Å². The number of hydrogen-bond donors (Lipinski definition) is 3. The van der Waals surface area contributed by atoms with Crippen LogP contribution in [-0.2, 0) is 9.47 Å². The number of nitrogens with one attached hydrogen (secondary N) is 2. The van der Waals surface area contributed by atoms with Crippen molar-refractivity contribution in [3.63, 3.8) is 0 Å². The van der Waals surface area contributed by atoms with Crippen molar-refractivity contribution in [2.75, 3.05) is 25.3 Å². The molecule has 3 aliphatic rings. The molecule has 0 unspecified atom stereocenters. The highest BCUT2D eigenvalue weighted by molar-refractivity contribution is 6.33. The monoisotopic (exact) mass is 533 g/mol. The predicted molar refractivity (Wildman–Crippen MR) is 140 cm³/mol. The smallest absolute Gasteiger partial charge is 0.296 e. The number of aliphatic hydroxyl groups excluding tert-OH is 1. The van der Waals surface area contributed by atoms with Gasteiger partial charge < -0.3 is 24.3 Å². The fraction of sp³-hybridized carbons (Fsp3) is 0.269. The van der Waals surface area contributed by atoms with E-state index < -0.39 is 6.10 Å². The summed E-state index contributed by atoms with van der Waals surface area (Å²) in [5, 5.41) is 14.1. The van der Waals surface area contributed by atoms with Gasteiger partial charge in [0.2, 0.25) is 0 Å². The molecular weight excluding hydrogens is 510 g/mol. The van der Waals surface area contributed by atoms with E-state index in [4.69, 9.17) is 30.8 Å². The van der Waals surface area contributed by atoms with Gasteiger partial charge in [0.05, 0.1) is 29.4 Å². The van der Waals surface area contributed by atoms with Crippen LogP contribution in [0.1, 0.15) is 0 Å². The van der Waals surface area contributed by atoms with Gasteiger partial charge in [0.15, 0.2) is 11.8 Å². The van der Waals surface area contributed by atoms with Gasteiger partial charge in [0, 0.05) is 36.8 Å². The maximum Gasteiger partial charge on any atom is 0.296 e. The van der Waals surface area contributed by atoms with E-state index >= 15 is 0 Å². The number of hydrazine groups is 2. The number of aromatic amines is 1. The van der Waals surface area contributed by atoms with E-state index in [-0.39, 0.29) is 24.9 Å². The van der Waals surface area contributed by atoms with E-state index in [1.54, 1.807) is 6.07 Å². The Bertz CT molecular complexity index is 1510. The van der Waals surface area contributed by atoms with Gasteiger partial charge in [-0.25, -0.2) is 15.0 Å². The second kappa shape index (κ2) is 9.22. The Morgan fingerprint density at radius 1 is 1.00 bits per heavy atom. The van der Waals surface area contributed by atoms with E-state index in [1.165, 1.54) is 0 Å². The summed E-state index contributed by atoms with van der Waals surface area (Å²) in [4.78, 5) is 16.9. The highest BCUT2D eigenvalue weighted by atomic mass is 35.5. The van der Waals surface area contributed by atoms with Gasteiger partial charge in [-0.05, 0) is 23.8 Å². The lowest BCUT2D eigenvalue weighted by Gasteiger charge is -2.18. The third-order valence-corrected chi connectivity index (χ3v) is 7.13. The number of anilines is 1. The quantitative estimate of drug-likeness (QED) is 0.353. The summed E-state index contributed by atoms with van der Waals surface area (Å²) in [7, 11) is 1.92. The molecular formula is C26H24ClN7O4. The summed E-state index contributed by atoms with van der Waals surface area (Å²) in [5.74, 6) is 0.797. The van der Waals surface area contributed by atoms with Gasteiger partial charge in [-0.2, -0.15) is 4.98 Å². The Morgan fingerprint density at radius 3 is 2.55 bits per heavy atom. The number of halogens is 1. The van der Waals surface area contributed by atoms with Crippen LogP contribution in [0.2, 0.25) is 5.02 Å². The first kappa shape index (κ1) is 23.4. The fourth-order valence-electron chi connectivity index (χ4n) is 4.89. The third-order valence-electron chi connectivity index (χ3n) is 6.84. The molecule has 2 fully saturated rings. The second-order valence-corrected chi connectivity index (χ2v) is 9.82. The number of ether oxygens (including phenoxy) is 3. The Hall–Kier alpha value is -3.74. The van der Waals surface area contributed by atoms with Crippen LogP contribution in [0, 0.1) is 0 Å². The number of H-pyrrole nitrogens is 1. The molecule has 0 bridgehead atoms. The first-order valence-electron chi connectivity index (χ1n) is 12.2. The zero-order chi connectivity index (χ0) is 25.8. The molecule has 2 saturated heterocycles. The minimum atomic E-state index is -0.638. The molecule has 194 valence electrons. The molecule has 3 aromatic heterocycles. The summed E-state index contributed by atoms with van der Waals surface area (Å²) in [6.45, 7) is 0.555. The van der Waals surface area contributed by atoms with Gasteiger partial charge in [0.1, 0.15) is 24.1 Å². The summed E-state index contributed by atoms with van der Waals surface area (Å²) >= 11 is 6.60. The first-order chi connectivity index (χ1) is 18.5. The van der Waals surface area contributed by atoms with E-state index in [2.05, 4.69) is 20.5 Å². The van der Waals surface area contributed by atoms with Gasteiger partial charge in [0.25, 0.3) is 6.01 Å². The number of aliphatic hydroxyl groups is 1. The molecule has 12 heteroatoms. The maximum atomic E-state index is 9.94. The lowest BCUT2D eigenvalue weighted by Crippen LogP contribution is -2.37. The highest BCUT2D eigenvalue weighted by Crippen LogP contribution is 2.33. The summed E-state index contributed by atoms with van der Waals surface area (Å²) in [5.41, 5.74) is 7.80. The first-order valence-corrected chi connectivity index (χ1v) is 12.6. The van der Waals surface area contributed by atoms with Gasteiger partial charge in [-0.3, -0.25) is 5.01 Å². The third kappa shape index (κ3) is 4.14. The molecule has 38 heavy (non-hydrogen) atoms. The van der Waals surface area contributed by atoms with E-state index in [1.807, 2.05) is 72.1 Å². The van der Waals surface area contributed by atoms with Gasteiger partial charge >= 0.3 is 0 Å². The van der Waals surface area contributed by atoms with Crippen molar-refractivity contribution in [1.29, 1.82) is 0 Å². The number of aromatic nitrogens is 4. The van der Waals surface area contributed by atoms with Crippen molar-refractivity contribution in [3.8, 4) is 28.4 Å². The van der Waals surface area contributed by atoms with E-state index in [0.717, 1.165) is 22.5 Å². The van der Waals surface area contributed by atoms with Crippen LogP contribution in [0.3, 0.4) is 0 Å². The van der Waals surface area contributed by atoms with Crippen LogP contribution < -0.4 is 15.3 Å². The van der Waals surface area contributed by atoms with Crippen LogP contribution >= 0.6 is 11.6 Å². The number of imidazole rings is 1. The zero-order valence-corrected chi connectivity index (χ0v) is 21.0. The van der Waals surface area contributed by atoms with E-state index in [9.17, 15) is 5.11 Å². The Balaban J connectivity index is 1.09. The molecule has 7 rings (SSSR count). The fourth-order valence-corrected chi connectivity index (χ4v) is 5.15. The molecule has 11 nitrogen and oxygen atoms in total. The molecule has 1 aromatic carbocycles. The highest BCUT2D eigenvalue weighted by Gasteiger charge is 2.48. The summed E-state index contributed by atoms with van der Waals surface area (Å²) in [6.07, 6.45) is 3.96. The van der Waals surface area contributed by atoms with Crippen LogP contribution in [0.5, 0.6) is 6.01 Å². The molecule has 0 saturated carbocycles. The maximum absolute atomic E-state index is 9.94. The molecule has 0 aliphatic carbocycles. The Morgan fingerprint density at radius 2 is 1.79 bits per heavy atom. The molecule has 0 radical (unpaired) electrons. The Kier molecular flexibility index (Phi) is 5.68. The van der Waals surface area contributed by atoms with Crippen LogP contribution in [0.4, 0.5) is 5.82 Å². The predicted octanol–water partition coefficient (Wildman–Crippen LogP) is 2.89. The number of hydrogen-bond acceptors (Lipinski definition) is 10. The molecule has 3 aliphatic heterocycles. The normalized spacial score (nSPS) is 24.5. The van der Waals surface area contributed by atoms with E-state index in [0.29, 0.717) is 34.5 Å². The standard InChI is InChI=1S/C26H24ClN7O4/c1-33-8-9-34(32-33)21-7-6-16(11-28-21)14-2-4-15(5-3-14)22-17(27)10-18-25(30-22)31-26(29-18)38-20-13-37-23-19(35)12-36-24(20)23/h2-11,19-20,23-24,32,35H,12-13H2,1H3,(H,29,30,31)/t19-,20-,23-,24-/m1/s1. The molecule has 3 N–H and O–H groups in total. The SMILES string of the molecule is CN1C=CN(c2ccc(-c3ccc(-c4nc5nc(O[C@@H]6CO[C@H]7[C@@H]6OC[C@H]7O)[nH]c5cc4Cl)cc3)cn2)N1. The van der Waals surface area contributed by atoms with Crippen molar-refractivity contribution >= 4 is 28.6 Å². The molecule has 4 atom stereocenters. The zero-order valence-electron chi connectivity index (χ0n) is 20.3. The number of benzene rings is 1. The number of pyridine rings is 2. The lowest BCUT2D eigenvalue weighted by atomic mass is 10.0. The van der Waals surface area contributed by atoms with Gasteiger partial charge in [-0.1, -0.05) is 35.9 Å². The average molecular weight is 534 g/mol. The minimum Gasteiger partial charge on any atom is -0.456 e. The Labute approximate surface area is 222 Å². The van der Waals surface area contributed by atoms with Gasteiger partial charge in [-0.15, -0.1) is 5.53 Å². The second-order valence-electron chi connectivity index (χ2n) is 9.41.